The summed E-state index contributed by atoms with van der Waals surface area (Å²) in [6.07, 6.45) is -2.39. The standard InChI is InChI=1S/C42H33Cl3F3N5O6/c43-23-3-1-21(2-4-23)41-31(38(56)53(40(41)58)50-36-32(45)17-22(20-49-36)42(46,47)48)19-29-27(35(41)30-18-24(44)5-12-33(30)54)10-11-28-34(29)39(57)52(37(28)55)26-8-6-25(7-9-26)51-13-15-59-16-14-51/h1-10,12,17-18,20,28-29,31,34-35,54H,11,13-16,19H2,(H,49,50). The van der Waals surface area contributed by atoms with Crippen LogP contribution >= 0.6 is 34.8 Å². The number of phenols is 1. The minimum Gasteiger partial charge on any atom is -0.508 e. The van der Waals surface area contributed by atoms with Crippen molar-refractivity contribution < 1.29 is 42.2 Å². The van der Waals surface area contributed by atoms with Crippen LogP contribution in [0.5, 0.6) is 5.75 Å². The third-order valence-corrected chi connectivity index (χ3v) is 13.1. The lowest BCUT2D eigenvalue weighted by Crippen LogP contribution is -2.53. The van der Waals surface area contributed by atoms with Crippen molar-refractivity contribution in [2.75, 3.05) is 41.5 Å². The first kappa shape index (κ1) is 39.3. The van der Waals surface area contributed by atoms with E-state index < -0.39 is 81.2 Å². The van der Waals surface area contributed by atoms with Gasteiger partial charge in [0.15, 0.2) is 5.82 Å². The highest BCUT2D eigenvalue weighted by Gasteiger charge is 2.70. The zero-order chi connectivity index (χ0) is 41.5. The van der Waals surface area contributed by atoms with Crippen LogP contribution in [0.2, 0.25) is 15.1 Å². The fraction of sp³-hybridized carbons (Fsp3) is 0.310. The van der Waals surface area contributed by atoms with Crippen molar-refractivity contribution in [3.05, 3.63) is 122 Å². The molecule has 4 heterocycles. The average molecular weight is 867 g/mol. The first-order chi connectivity index (χ1) is 28.2. The molecule has 6 unspecified atom stereocenters. The van der Waals surface area contributed by atoms with Gasteiger partial charge in [-0.3, -0.25) is 29.5 Å². The second-order valence-corrected chi connectivity index (χ2v) is 16.5. The molecule has 4 amide bonds. The van der Waals surface area contributed by atoms with E-state index in [1.54, 1.807) is 36.4 Å². The molecule has 59 heavy (non-hydrogen) atoms. The van der Waals surface area contributed by atoms with Crippen molar-refractivity contribution in [1.29, 1.82) is 0 Å². The van der Waals surface area contributed by atoms with Gasteiger partial charge < -0.3 is 14.7 Å². The van der Waals surface area contributed by atoms with Gasteiger partial charge in [0.25, 0.3) is 11.8 Å². The van der Waals surface area contributed by atoms with Crippen LogP contribution in [0.15, 0.2) is 90.6 Å². The first-order valence-electron chi connectivity index (χ1n) is 18.8. The molecule has 2 aliphatic carbocycles. The normalized spacial score (nSPS) is 26.8. The number of hydrogen-bond acceptors (Lipinski definition) is 9. The molecule has 4 fully saturated rings. The predicted octanol–water partition coefficient (Wildman–Crippen LogP) is 7.79. The third kappa shape index (κ3) is 6.25. The zero-order valence-corrected chi connectivity index (χ0v) is 33.0. The highest BCUT2D eigenvalue weighted by Crippen LogP contribution is 2.65. The molecule has 17 heteroatoms. The molecule has 1 aromatic heterocycles. The van der Waals surface area contributed by atoms with Gasteiger partial charge in [0.05, 0.1) is 52.7 Å². The van der Waals surface area contributed by atoms with Gasteiger partial charge in [-0.25, -0.2) is 4.98 Å². The summed E-state index contributed by atoms with van der Waals surface area (Å²) < 4.78 is 46.0. The molecule has 304 valence electrons. The molecule has 5 aliphatic rings. The molecule has 0 radical (unpaired) electrons. The number of halogens is 6. The smallest absolute Gasteiger partial charge is 0.417 e. The largest absolute Gasteiger partial charge is 0.508 e. The van der Waals surface area contributed by atoms with Crippen LogP contribution in [-0.4, -0.2) is 65.0 Å². The van der Waals surface area contributed by atoms with E-state index in [2.05, 4.69) is 15.3 Å². The van der Waals surface area contributed by atoms with E-state index in [1.165, 1.54) is 23.1 Å². The van der Waals surface area contributed by atoms with Crippen LogP contribution in [-0.2, 0) is 35.5 Å². The van der Waals surface area contributed by atoms with Crippen LogP contribution in [0.1, 0.15) is 35.4 Å². The molecular weight excluding hydrogens is 834 g/mol. The number of pyridine rings is 1. The summed E-state index contributed by atoms with van der Waals surface area (Å²) in [5.41, 5.74) is 2.00. The third-order valence-electron chi connectivity index (χ3n) is 12.3. The number of ether oxygens (including phenoxy) is 1. The highest BCUT2D eigenvalue weighted by atomic mass is 35.5. The second-order valence-electron chi connectivity index (χ2n) is 15.2. The Kier molecular flexibility index (Phi) is 9.69. The summed E-state index contributed by atoms with van der Waals surface area (Å²) in [5.74, 6) is -8.02. The Morgan fingerprint density at radius 1 is 0.831 bits per heavy atom. The number of imide groups is 2. The number of carbonyl (C=O) groups is 4. The number of nitrogens with zero attached hydrogens (tertiary/aromatic N) is 4. The topological polar surface area (TPSA) is 132 Å². The molecule has 6 atom stereocenters. The molecule has 9 rings (SSSR count). The fourth-order valence-electron chi connectivity index (χ4n) is 9.77. The SMILES string of the molecule is O=C1C2CC3C(=CCC4C(=O)N(c5ccc(N6CCOCC6)cc5)C(=O)C43)C(c3cc(Cl)ccc3O)C2(c2ccc(Cl)cc2)C(=O)N1Nc1ncc(C(F)(F)F)cc1Cl. The summed E-state index contributed by atoms with van der Waals surface area (Å²) in [6, 6.07) is 18.4. The second kappa shape index (κ2) is 14.5. The summed E-state index contributed by atoms with van der Waals surface area (Å²) in [4.78, 5) is 66.4. The van der Waals surface area contributed by atoms with Crippen LogP contribution < -0.4 is 15.2 Å². The van der Waals surface area contributed by atoms with Crippen molar-refractivity contribution in [2.45, 2.75) is 30.4 Å². The summed E-state index contributed by atoms with van der Waals surface area (Å²) >= 11 is 19.2. The number of fused-ring (bicyclic) bond motifs is 4. The minimum atomic E-state index is -4.77. The number of morpholine rings is 1. The Morgan fingerprint density at radius 3 is 2.19 bits per heavy atom. The van der Waals surface area contributed by atoms with Gasteiger partial charge in [0.1, 0.15) is 5.75 Å². The molecule has 3 saturated heterocycles. The Balaban J connectivity index is 1.17. The van der Waals surface area contributed by atoms with Crippen LogP contribution in [0.25, 0.3) is 0 Å². The van der Waals surface area contributed by atoms with E-state index in [0.29, 0.717) is 65.4 Å². The van der Waals surface area contributed by atoms with Crippen molar-refractivity contribution in [3.63, 3.8) is 0 Å². The van der Waals surface area contributed by atoms with Gasteiger partial charge in [-0.05, 0) is 85.0 Å². The highest BCUT2D eigenvalue weighted by molar-refractivity contribution is 6.33. The summed E-state index contributed by atoms with van der Waals surface area (Å²) in [7, 11) is 0. The molecular formula is C42H33Cl3F3N5O6. The van der Waals surface area contributed by atoms with Gasteiger partial charge in [-0.15, -0.1) is 0 Å². The monoisotopic (exact) mass is 865 g/mol. The number of benzene rings is 3. The van der Waals surface area contributed by atoms with Crippen molar-refractivity contribution in [3.8, 4) is 5.75 Å². The molecule has 3 aromatic carbocycles. The molecule has 0 spiro atoms. The molecule has 3 aliphatic heterocycles. The van der Waals surface area contributed by atoms with E-state index in [4.69, 9.17) is 39.5 Å². The first-order valence-corrected chi connectivity index (χ1v) is 20.0. The lowest BCUT2D eigenvalue weighted by atomic mass is 9.49. The van der Waals surface area contributed by atoms with Crippen molar-refractivity contribution >= 4 is 75.6 Å². The number of nitrogens with one attached hydrogen (secondary N) is 1. The number of anilines is 3. The van der Waals surface area contributed by atoms with E-state index in [0.717, 1.165) is 5.69 Å². The quantitative estimate of drug-likeness (QED) is 0.147. The van der Waals surface area contributed by atoms with Crippen LogP contribution in [0, 0.1) is 23.7 Å². The lowest BCUT2D eigenvalue weighted by molar-refractivity contribution is -0.139. The average Bonchev–Trinajstić information content (AvgIpc) is 3.60. The number of alkyl halides is 3. The number of phenolic OH excluding ortho intramolecular Hbond substituents is 1. The maximum atomic E-state index is 15.4. The van der Waals surface area contributed by atoms with Gasteiger partial charge >= 0.3 is 6.18 Å². The van der Waals surface area contributed by atoms with E-state index >= 15 is 4.79 Å². The number of aromatic hydroxyl groups is 1. The predicted molar refractivity (Wildman–Crippen MR) is 212 cm³/mol. The van der Waals surface area contributed by atoms with E-state index in [9.17, 15) is 32.7 Å². The van der Waals surface area contributed by atoms with Crippen LogP contribution in [0.3, 0.4) is 0 Å². The zero-order valence-electron chi connectivity index (χ0n) is 30.8. The molecule has 11 nitrogen and oxygen atoms in total. The Bertz CT molecular complexity index is 2450. The summed E-state index contributed by atoms with van der Waals surface area (Å²) in [5, 5.41) is 12.3. The Hall–Kier alpha value is -5.15. The van der Waals surface area contributed by atoms with Gasteiger partial charge in [-0.1, -0.05) is 58.6 Å². The maximum Gasteiger partial charge on any atom is 0.417 e. The fourth-order valence-corrected chi connectivity index (χ4v) is 10.3. The van der Waals surface area contributed by atoms with E-state index in [-0.39, 0.29) is 29.2 Å². The van der Waals surface area contributed by atoms with E-state index in [1.807, 2.05) is 18.2 Å². The van der Waals surface area contributed by atoms with Crippen LogP contribution in [0.4, 0.5) is 30.4 Å². The summed E-state index contributed by atoms with van der Waals surface area (Å²) in [6.45, 7) is 2.57. The Labute approximate surface area is 350 Å². The van der Waals surface area contributed by atoms with Crippen molar-refractivity contribution in [1.82, 2.24) is 9.99 Å². The number of aromatic nitrogens is 1. The van der Waals surface area contributed by atoms with Gasteiger partial charge in [0, 0.05) is 46.5 Å². The number of hydrogen-bond donors (Lipinski definition) is 2. The number of allylic oxidation sites excluding steroid dienone is 2. The molecule has 2 N–H and O–H groups in total. The number of carbonyl (C=O) groups excluding carboxylic acids is 4. The Morgan fingerprint density at radius 2 is 1.51 bits per heavy atom. The molecule has 0 bridgehead atoms. The maximum absolute atomic E-state index is 15.4. The van der Waals surface area contributed by atoms with Crippen molar-refractivity contribution in [2.24, 2.45) is 23.7 Å². The molecule has 4 aromatic rings. The minimum absolute atomic E-state index is 0.0901. The molecule has 1 saturated carbocycles. The number of hydrazine groups is 1. The van der Waals surface area contributed by atoms with Gasteiger partial charge in [-0.2, -0.15) is 18.2 Å². The lowest BCUT2D eigenvalue weighted by Gasteiger charge is -2.50. The number of amides is 4. The van der Waals surface area contributed by atoms with Gasteiger partial charge in [0.2, 0.25) is 11.8 Å². The number of rotatable bonds is 6.